The number of alkyl carbamates (subject to hydrolysis) is 1. The Morgan fingerprint density at radius 2 is 1.49 bits per heavy atom. The zero-order valence-electron chi connectivity index (χ0n) is 59.5. The summed E-state index contributed by atoms with van der Waals surface area (Å²) in [6.07, 6.45) is 9.60. The molecule has 3 saturated heterocycles. The van der Waals surface area contributed by atoms with Gasteiger partial charge in [0.05, 0.1) is 64.5 Å². The summed E-state index contributed by atoms with van der Waals surface area (Å²) in [6, 6.07) is 21.0. The van der Waals surface area contributed by atoms with E-state index in [0.717, 1.165) is 67.3 Å². The van der Waals surface area contributed by atoms with Crippen molar-refractivity contribution in [3.63, 3.8) is 0 Å². The summed E-state index contributed by atoms with van der Waals surface area (Å²) in [4.78, 5) is 119. The second-order valence-electron chi connectivity index (χ2n) is 28.4. The number of aromatic amines is 1. The number of amides is 7. The van der Waals surface area contributed by atoms with Gasteiger partial charge in [-0.05, 0) is 153 Å². The Balaban J connectivity index is 0.691. The number of nitrogens with one attached hydrogen (secondary N) is 5. The zero-order chi connectivity index (χ0) is 71.4. The molecular weight excluding hydrogens is 1300 g/mol. The highest BCUT2D eigenvalue weighted by Gasteiger charge is 2.45. The Morgan fingerprint density at radius 3 is 2.20 bits per heavy atom. The molecule has 3 aromatic carbocycles. The molecule has 0 spiro atoms. The maximum absolute atomic E-state index is 14.8. The average molecular weight is 1400 g/mol. The molecule has 0 radical (unpaired) electrons. The van der Waals surface area contributed by atoms with Crippen LogP contribution in [0.15, 0.2) is 85.3 Å². The normalized spacial score (nSPS) is 17.5. The number of carbonyl (C=O) groups is 7. The van der Waals surface area contributed by atoms with Gasteiger partial charge < -0.3 is 69.4 Å². The minimum atomic E-state index is -1.28. The summed E-state index contributed by atoms with van der Waals surface area (Å²) in [5, 5.41) is 13.9. The molecule has 2 aromatic heterocycles. The molecule has 5 aromatic rings. The van der Waals surface area contributed by atoms with Crippen molar-refractivity contribution < 1.29 is 62.0 Å². The predicted molar refractivity (Wildman–Crippen MR) is 380 cm³/mol. The Morgan fingerprint density at radius 1 is 0.760 bits per heavy atom. The SMILES string of the molecule is CCOc1cc(OC)ccc1CN(CC(=O)N1CCCC(c2cccc(C(=O)N[C@@H](C(=O)NCCOCCOCCC(=O)N3CCN(CC[C@H](NC(=O)C4(NC(=O)OC(C)(C)C)CCN(c5ncnc6[nH]ccc56)CC4)c4ccc(Cl)cc4)CC3)C3CCCCC3)c2)C1)C(=O)OC(C)(C)C. The third kappa shape index (κ3) is 21.9. The molecule has 1 unspecified atom stereocenters. The van der Waals surface area contributed by atoms with Gasteiger partial charge in [0.25, 0.3) is 5.91 Å². The van der Waals surface area contributed by atoms with Crippen LogP contribution in [0.4, 0.5) is 15.4 Å². The standard InChI is InChI=1S/C74H103ClN12O13/c1-9-98-61-46-58(95-8)25-22-56(61)48-87(71(94)100-73(5,6)7)49-63(89)86-33-14-19-55(47-86)53-17-13-18-54(45-53)67(90)81-64(52-15-11-10-12-16-52)68(91)77-32-42-97-44-43-96-41-28-62(88)84-39-37-83(38-40-84)34-27-60(51-20-23-57(75)24-21-51)80-69(92)74(82-70(93)99-72(2,3)4)29-35-85(36-30-74)66-59-26-31-76-65(59)78-50-79-66/h13,17-18,20-26,31,45-46,50,52,55,60,64H,9-12,14-16,19,27-30,32-44,47-49H2,1-8H3,(H,77,91)(H,80,92)(H,81,90)(H,82,93)(H,76,78,79)/t55?,60-,64+/m0/s1. The maximum atomic E-state index is 14.8. The molecule has 7 amide bonds. The highest BCUT2D eigenvalue weighted by atomic mass is 35.5. The molecule has 9 rings (SSSR count). The van der Waals surface area contributed by atoms with Crippen molar-refractivity contribution in [3.05, 3.63) is 113 Å². The number of piperidine rings is 2. The number of ether oxygens (including phenoxy) is 6. The van der Waals surface area contributed by atoms with Crippen LogP contribution in [0.1, 0.15) is 158 Å². The van der Waals surface area contributed by atoms with Crippen molar-refractivity contribution >= 4 is 70.2 Å². The van der Waals surface area contributed by atoms with Gasteiger partial charge in [-0.25, -0.2) is 19.6 Å². The second-order valence-corrected chi connectivity index (χ2v) is 28.8. The molecule has 4 fully saturated rings. The molecule has 26 heteroatoms. The van der Waals surface area contributed by atoms with Gasteiger partial charge in [-0.3, -0.25) is 33.8 Å². The first kappa shape index (κ1) is 75.9. The largest absolute Gasteiger partial charge is 0.497 e. The van der Waals surface area contributed by atoms with Crippen molar-refractivity contribution in [2.24, 2.45) is 5.92 Å². The Kier molecular flexibility index (Phi) is 27.2. The van der Waals surface area contributed by atoms with Gasteiger partial charge >= 0.3 is 12.2 Å². The van der Waals surface area contributed by atoms with Crippen molar-refractivity contribution in [1.82, 2.24) is 55.8 Å². The summed E-state index contributed by atoms with van der Waals surface area (Å²) in [6.45, 7) is 18.9. The molecule has 544 valence electrons. The summed E-state index contributed by atoms with van der Waals surface area (Å²) in [5.41, 5.74) is 0.775. The van der Waals surface area contributed by atoms with Gasteiger partial charge in [0, 0.05) is 99.8 Å². The van der Waals surface area contributed by atoms with Crippen LogP contribution in [-0.2, 0) is 44.7 Å². The van der Waals surface area contributed by atoms with Crippen LogP contribution in [-0.4, -0.2) is 211 Å². The van der Waals surface area contributed by atoms with E-state index in [4.69, 9.17) is 40.0 Å². The number of H-pyrrole nitrogens is 1. The summed E-state index contributed by atoms with van der Waals surface area (Å²) in [5.74, 6) is 0.656. The number of aromatic nitrogens is 3. The van der Waals surface area contributed by atoms with Gasteiger partial charge in [0.1, 0.15) is 58.6 Å². The number of rotatable bonds is 29. The fourth-order valence-electron chi connectivity index (χ4n) is 13.5. The van der Waals surface area contributed by atoms with Gasteiger partial charge in [-0.15, -0.1) is 0 Å². The molecule has 0 bridgehead atoms. The van der Waals surface area contributed by atoms with E-state index in [-0.39, 0.29) is 93.9 Å². The maximum Gasteiger partial charge on any atom is 0.411 e. The first-order valence-corrected chi connectivity index (χ1v) is 35.8. The lowest BCUT2D eigenvalue weighted by Crippen LogP contribution is -2.64. The van der Waals surface area contributed by atoms with Crippen molar-refractivity contribution in [2.75, 3.05) is 117 Å². The Hall–Kier alpha value is -8.26. The van der Waals surface area contributed by atoms with Crippen LogP contribution < -0.4 is 35.6 Å². The molecule has 4 aliphatic rings. The molecule has 100 heavy (non-hydrogen) atoms. The van der Waals surface area contributed by atoms with Crippen LogP contribution in [0.2, 0.25) is 5.02 Å². The van der Waals surface area contributed by atoms with E-state index in [1.807, 2.05) is 60.5 Å². The lowest BCUT2D eigenvalue weighted by atomic mass is 9.83. The number of methoxy groups -OCH3 is 1. The van der Waals surface area contributed by atoms with E-state index in [0.29, 0.717) is 118 Å². The van der Waals surface area contributed by atoms with Gasteiger partial charge in [-0.2, -0.15) is 0 Å². The lowest BCUT2D eigenvalue weighted by molar-refractivity contribution is -0.134. The van der Waals surface area contributed by atoms with Gasteiger partial charge in [-0.1, -0.05) is 55.1 Å². The summed E-state index contributed by atoms with van der Waals surface area (Å²) < 4.78 is 34.4. The molecule has 25 nitrogen and oxygen atoms in total. The molecule has 3 atom stereocenters. The van der Waals surface area contributed by atoms with Crippen molar-refractivity contribution in [3.8, 4) is 11.5 Å². The van der Waals surface area contributed by atoms with E-state index in [1.54, 1.807) is 83.9 Å². The summed E-state index contributed by atoms with van der Waals surface area (Å²) >= 11 is 6.34. The van der Waals surface area contributed by atoms with Crippen molar-refractivity contribution in [2.45, 2.75) is 160 Å². The zero-order valence-corrected chi connectivity index (χ0v) is 60.3. The van der Waals surface area contributed by atoms with Crippen LogP contribution in [0, 0.1) is 5.92 Å². The molecule has 3 aliphatic heterocycles. The third-order valence-corrected chi connectivity index (χ3v) is 19.1. The highest BCUT2D eigenvalue weighted by molar-refractivity contribution is 6.30. The Labute approximate surface area is 592 Å². The predicted octanol–water partition coefficient (Wildman–Crippen LogP) is 9.34. The summed E-state index contributed by atoms with van der Waals surface area (Å²) in [7, 11) is 1.57. The first-order valence-electron chi connectivity index (χ1n) is 35.5. The fraction of sp³-hybridized carbons (Fsp3) is 0.581. The highest BCUT2D eigenvalue weighted by Crippen LogP contribution is 2.34. The number of nitrogens with zero attached hydrogens (tertiary/aromatic N) is 7. The number of fused-ring (bicyclic) bond motifs is 1. The van der Waals surface area contributed by atoms with E-state index in [1.165, 1.54) is 11.2 Å². The van der Waals surface area contributed by atoms with E-state index in [2.05, 4.69) is 46.0 Å². The molecule has 5 N–H and O–H groups in total. The topological polar surface area (TPSA) is 281 Å². The molecular formula is C74H103ClN12O13. The lowest BCUT2D eigenvalue weighted by Gasteiger charge is -2.42. The average Bonchev–Trinajstić information content (AvgIpc) is 1.26. The van der Waals surface area contributed by atoms with E-state index in [9.17, 15) is 33.6 Å². The molecule has 1 aliphatic carbocycles. The van der Waals surface area contributed by atoms with E-state index < -0.39 is 41.0 Å². The number of halogens is 1. The first-order chi connectivity index (χ1) is 48.0. The minimum absolute atomic E-state index is 0.00134. The van der Waals surface area contributed by atoms with Gasteiger partial charge in [0.15, 0.2) is 0 Å². The monoisotopic (exact) mass is 1400 g/mol. The van der Waals surface area contributed by atoms with Crippen LogP contribution in [0.5, 0.6) is 11.5 Å². The smallest absolute Gasteiger partial charge is 0.411 e. The van der Waals surface area contributed by atoms with E-state index >= 15 is 0 Å². The number of hydrogen-bond acceptors (Lipinski definition) is 17. The van der Waals surface area contributed by atoms with Crippen LogP contribution in [0.25, 0.3) is 11.0 Å². The van der Waals surface area contributed by atoms with Gasteiger partial charge in [0.2, 0.25) is 23.6 Å². The number of piperazine rings is 1. The Bertz CT molecular complexity index is 3540. The molecule has 1 saturated carbocycles. The minimum Gasteiger partial charge on any atom is -0.497 e. The van der Waals surface area contributed by atoms with Crippen LogP contribution >= 0.6 is 11.6 Å². The number of hydrogen-bond donors (Lipinski definition) is 5. The quantitative estimate of drug-likeness (QED) is 0.0279. The van der Waals surface area contributed by atoms with Crippen molar-refractivity contribution in [1.29, 1.82) is 0 Å². The number of likely N-dealkylation sites (tertiary alicyclic amines) is 1. The number of carbonyl (C=O) groups excluding carboxylic acids is 7. The van der Waals surface area contributed by atoms with Crippen LogP contribution in [0.3, 0.4) is 0 Å². The number of anilines is 1. The third-order valence-electron chi connectivity index (χ3n) is 18.8. The molecule has 5 heterocycles. The second kappa shape index (κ2) is 35.9. The fourth-order valence-corrected chi connectivity index (χ4v) is 13.6. The number of benzene rings is 3.